The van der Waals surface area contributed by atoms with Gasteiger partial charge in [-0.3, -0.25) is 9.78 Å². The summed E-state index contributed by atoms with van der Waals surface area (Å²) in [6, 6.07) is 15.5. The molecule has 0 amide bonds. The molecule has 0 atom stereocenters. The van der Waals surface area contributed by atoms with Crippen LogP contribution in [-0.2, 0) is 12.7 Å². The summed E-state index contributed by atoms with van der Waals surface area (Å²) >= 11 is 12.2. The second-order valence-corrected chi connectivity index (χ2v) is 8.37. The maximum Gasteiger partial charge on any atom is 0.432 e. The first-order valence-corrected chi connectivity index (χ1v) is 10.9. The maximum atomic E-state index is 14.5. The van der Waals surface area contributed by atoms with E-state index in [9.17, 15) is 18.0 Å². The smallest absolute Gasteiger partial charge is 0.332 e. The molecule has 5 rings (SSSR count). The van der Waals surface area contributed by atoms with E-state index in [1.54, 1.807) is 36.4 Å². The lowest BCUT2D eigenvalue weighted by Crippen LogP contribution is -2.19. The van der Waals surface area contributed by atoms with Crippen molar-refractivity contribution in [3.8, 4) is 11.6 Å². The molecule has 5 aromatic rings. The molecule has 6 nitrogen and oxygen atoms in total. The van der Waals surface area contributed by atoms with Gasteiger partial charge in [-0.15, -0.1) is 0 Å². The number of hydrogen-bond acceptors (Lipinski definition) is 5. The molecule has 2 aromatic carbocycles. The molecule has 35 heavy (non-hydrogen) atoms. The number of rotatable bonds is 5. The first-order valence-electron chi connectivity index (χ1n) is 10.2. The van der Waals surface area contributed by atoms with Gasteiger partial charge in [0.05, 0.1) is 5.56 Å². The maximum absolute atomic E-state index is 14.5. The van der Waals surface area contributed by atoms with Crippen molar-refractivity contribution < 1.29 is 22.5 Å². The van der Waals surface area contributed by atoms with Crippen LogP contribution in [0.2, 0.25) is 10.0 Å². The highest BCUT2D eigenvalue weighted by Gasteiger charge is 2.42. The highest BCUT2D eigenvalue weighted by Crippen LogP contribution is 2.40. The van der Waals surface area contributed by atoms with Gasteiger partial charge in [0.25, 0.3) is 5.89 Å². The van der Waals surface area contributed by atoms with Crippen LogP contribution in [0.15, 0.2) is 71.4 Å². The number of hydrogen-bond donors (Lipinski definition) is 0. The number of aromatic nitrogens is 4. The Labute approximate surface area is 205 Å². The van der Waals surface area contributed by atoms with Crippen LogP contribution in [0, 0.1) is 0 Å². The van der Waals surface area contributed by atoms with Gasteiger partial charge in [-0.2, -0.15) is 18.2 Å². The van der Waals surface area contributed by atoms with Crippen LogP contribution in [0.5, 0.6) is 0 Å². The lowest BCUT2D eigenvalue weighted by Gasteiger charge is -2.15. The first-order chi connectivity index (χ1) is 16.7. The molecule has 0 saturated carbocycles. The fourth-order valence-electron chi connectivity index (χ4n) is 3.83. The van der Waals surface area contributed by atoms with Crippen molar-refractivity contribution in [3.05, 3.63) is 99.6 Å². The van der Waals surface area contributed by atoms with Gasteiger partial charge >= 0.3 is 6.18 Å². The van der Waals surface area contributed by atoms with Crippen LogP contribution in [0.4, 0.5) is 13.2 Å². The van der Waals surface area contributed by atoms with Gasteiger partial charge in [0, 0.05) is 33.7 Å². The normalized spacial score (nSPS) is 11.8. The molecule has 11 heteroatoms. The minimum atomic E-state index is -4.88. The fraction of sp³-hybridized carbons (Fsp3) is 0.0833. The highest BCUT2D eigenvalue weighted by molar-refractivity contribution is 6.35. The third-order valence-electron chi connectivity index (χ3n) is 5.32. The van der Waals surface area contributed by atoms with Gasteiger partial charge in [-0.25, -0.2) is 0 Å². The van der Waals surface area contributed by atoms with Gasteiger partial charge in [0.2, 0.25) is 11.6 Å². The van der Waals surface area contributed by atoms with Gasteiger partial charge < -0.3 is 9.09 Å². The Morgan fingerprint density at radius 1 is 1.03 bits per heavy atom. The summed E-state index contributed by atoms with van der Waals surface area (Å²) in [5.74, 6) is -1.62. The summed E-state index contributed by atoms with van der Waals surface area (Å²) in [6.45, 7) is -0.246. The molecule has 0 aliphatic carbocycles. The van der Waals surface area contributed by atoms with E-state index in [0.29, 0.717) is 10.6 Å². The van der Waals surface area contributed by atoms with Gasteiger partial charge in [0.1, 0.15) is 11.4 Å². The van der Waals surface area contributed by atoms with Crippen LogP contribution in [0.3, 0.4) is 0 Å². The third kappa shape index (κ3) is 4.28. The Hall–Kier alpha value is -3.69. The molecule has 0 fully saturated rings. The van der Waals surface area contributed by atoms with E-state index >= 15 is 0 Å². The molecule has 3 heterocycles. The Morgan fingerprint density at radius 3 is 2.51 bits per heavy atom. The molecular formula is C24H13Cl2F3N4O2. The number of carbonyl (C=O) groups is 1. The van der Waals surface area contributed by atoms with Crippen molar-refractivity contribution in [2.45, 2.75) is 12.7 Å². The zero-order valence-corrected chi connectivity index (χ0v) is 19.1. The number of fused-ring (bicyclic) bond motifs is 1. The van der Waals surface area contributed by atoms with Crippen LogP contribution in [-0.4, -0.2) is 25.5 Å². The number of para-hydroxylation sites is 1. The summed E-state index contributed by atoms with van der Waals surface area (Å²) in [6.07, 6.45) is -3.39. The van der Waals surface area contributed by atoms with Crippen LogP contribution >= 0.6 is 23.2 Å². The molecule has 0 spiro atoms. The summed E-state index contributed by atoms with van der Waals surface area (Å²) in [5.41, 5.74) is -0.832. The summed E-state index contributed by atoms with van der Waals surface area (Å²) in [5, 5.41) is 4.28. The van der Waals surface area contributed by atoms with Crippen molar-refractivity contribution in [2.24, 2.45) is 0 Å². The van der Waals surface area contributed by atoms with E-state index in [-0.39, 0.29) is 34.1 Å². The van der Waals surface area contributed by atoms with E-state index in [1.807, 2.05) is 0 Å². The van der Waals surface area contributed by atoms with Crippen molar-refractivity contribution in [1.82, 2.24) is 19.7 Å². The molecule has 0 saturated heterocycles. The van der Waals surface area contributed by atoms with Gasteiger partial charge in [0.15, 0.2) is 0 Å². The average molecular weight is 517 g/mol. The number of ketones is 1. The molecular weight excluding hydrogens is 504 g/mol. The number of halogens is 5. The van der Waals surface area contributed by atoms with E-state index in [2.05, 4.69) is 15.1 Å². The number of benzene rings is 2. The predicted octanol–water partition coefficient (Wildman–Crippen LogP) is 6.69. The zero-order chi connectivity index (χ0) is 24.7. The molecule has 0 aliphatic heterocycles. The number of nitrogens with zero attached hydrogens (tertiary/aromatic N) is 4. The van der Waals surface area contributed by atoms with E-state index in [0.717, 1.165) is 4.57 Å². The monoisotopic (exact) mass is 516 g/mol. The molecule has 176 valence electrons. The molecule has 0 aliphatic rings. The number of pyridine rings is 1. The molecule has 3 aromatic heterocycles. The van der Waals surface area contributed by atoms with Gasteiger partial charge in [-0.05, 0) is 35.9 Å². The predicted molar refractivity (Wildman–Crippen MR) is 123 cm³/mol. The van der Waals surface area contributed by atoms with Crippen LogP contribution < -0.4 is 0 Å². The Balaban J connectivity index is 1.68. The second-order valence-electron chi connectivity index (χ2n) is 7.53. The average Bonchev–Trinajstić information content (AvgIpc) is 3.45. The minimum Gasteiger partial charge on any atom is -0.332 e. The SMILES string of the molecule is O=C(c1noc(-c2ccccn2)n1)c1c(C(F)(F)F)n(Cc2ccc(Cl)cc2Cl)c2ccccc12. The first kappa shape index (κ1) is 23.1. The largest absolute Gasteiger partial charge is 0.432 e. The standard InChI is InChI=1S/C24H13Cl2F3N4O2/c25-14-9-8-13(16(26)11-14)12-33-18-7-2-1-5-15(18)19(21(33)24(27,28)29)20(34)22-31-23(35-32-22)17-6-3-4-10-30-17/h1-11H,12H2. The van der Waals surface area contributed by atoms with Crippen LogP contribution in [0.25, 0.3) is 22.5 Å². The van der Waals surface area contributed by atoms with Crippen molar-refractivity contribution in [2.75, 3.05) is 0 Å². The number of carbonyl (C=O) groups excluding carboxylic acids is 1. The van der Waals surface area contributed by atoms with Crippen LogP contribution in [0.1, 0.15) is 27.4 Å². The molecule has 0 N–H and O–H groups in total. The summed E-state index contributed by atoms with van der Waals surface area (Å²) in [4.78, 5) is 21.4. The quantitative estimate of drug-likeness (QED) is 0.243. The van der Waals surface area contributed by atoms with Crippen molar-refractivity contribution in [3.63, 3.8) is 0 Å². The minimum absolute atomic E-state index is 0.0841. The molecule has 0 bridgehead atoms. The van der Waals surface area contributed by atoms with E-state index < -0.39 is 29.0 Å². The van der Waals surface area contributed by atoms with Crippen molar-refractivity contribution in [1.29, 1.82) is 0 Å². The summed E-state index contributed by atoms with van der Waals surface area (Å²) in [7, 11) is 0. The Kier molecular flexibility index (Phi) is 5.82. The van der Waals surface area contributed by atoms with Crippen molar-refractivity contribution >= 4 is 39.9 Å². The Bertz CT molecular complexity index is 1560. The van der Waals surface area contributed by atoms with Gasteiger partial charge in [-0.1, -0.05) is 58.7 Å². The Morgan fingerprint density at radius 2 is 1.80 bits per heavy atom. The third-order valence-corrected chi connectivity index (χ3v) is 5.91. The van der Waals surface area contributed by atoms with E-state index in [1.165, 1.54) is 30.5 Å². The summed E-state index contributed by atoms with van der Waals surface area (Å²) < 4.78 is 49.5. The molecule has 0 radical (unpaired) electrons. The van der Waals surface area contributed by atoms with E-state index in [4.69, 9.17) is 27.7 Å². The zero-order valence-electron chi connectivity index (χ0n) is 17.6. The highest BCUT2D eigenvalue weighted by atomic mass is 35.5. The number of alkyl halides is 3. The second kappa shape index (κ2) is 8.83. The topological polar surface area (TPSA) is 73.8 Å². The molecule has 0 unspecified atom stereocenters. The fourth-order valence-corrected chi connectivity index (χ4v) is 4.30. The lowest BCUT2D eigenvalue weighted by molar-refractivity contribution is -0.143. The lowest BCUT2D eigenvalue weighted by atomic mass is 10.1.